The average molecular weight is 362 g/mol. The third-order valence-corrected chi connectivity index (χ3v) is 4.25. The van der Waals surface area contributed by atoms with Crippen LogP contribution >= 0.6 is 0 Å². The lowest BCUT2D eigenvalue weighted by atomic mass is 10.1. The Hall–Kier alpha value is -3.27. The largest absolute Gasteiger partial charge is 0.489 e. The van der Waals surface area contributed by atoms with E-state index in [0.29, 0.717) is 31.1 Å². The van der Waals surface area contributed by atoms with Crippen LogP contribution in [0.15, 0.2) is 72.8 Å². The molecule has 4 heteroatoms. The van der Waals surface area contributed by atoms with Crippen LogP contribution < -0.4 is 9.47 Å². The molecule has 0 radical (unpaired) electrons. The van der Waals surface area contributed by atoms with E-state index in [1.165, 1.54) is 0 Å². The van der Waals surface area contributed by atoms with Crippen LogP contribution in [0.5, 0.6) is 11.5 Å². The second kappa shape index (κ2) is 8.90. The third kappa shape index (κ3) is 4.88. The lowest BCUT2D eigenvalue weighted by Gasteiger charge is -2.16. The summed E-state index contributed by atoms with van der Waals surface area (Å²) in [6.07, 6.45) is 0.714. The number of carboxylic acid groups (broad SMARTS) is 1. The van der Waals surface area contributed by atoms with E-state index in [1.54, 1.807) is 12.1 Å². The van der Waals surface area contributed by atoms with Crippen molar-refractivity contribution in [2.45, 2.75) is 26.6 Å². The van der Waals surface area contributed by atoms with E-state index in [2.05, 4.69) is 0 Å². The first-order valence-electron chi connectivity index (χ1n) is 8.91. The van der Waals surface area contributed by atoms with Crippen molar-refractivity contribution in [2.75, 3.05) is 0 Å². The standard InChI is InChI=1S/C23H22O4/c1-2-19-13-22(27-16-18-11-7-4-8-12-18)20(23(24)25)14-21(19)26-15-17-9-5-3-6-10-17/h3-14H,2,15-16H2,1H3,(H,24,25). The van der Waals surface area contributed by atoms with Gasteiger partial charge in [-0.3, -0.25) is 0 Å². The number of carboxylic acids is 1. The molecular weight excluding hydrogens is 340 g/mol. The van der Waals surface area contributed by atoms with E-state index in [-0.39, 0.29) is 5.56 Å². The van der Waals surface area contributed by atoms with E-state index < -0.39 is 5.97 Å². The van der Waals surface area contributed by atoms with Gasteiger partial charge in [0.1, 0.15) is 30.3 Å². The van der Waals surface area contributed by atoms with Gasteiger partial charge < -0.3 is 14.6 Å². The Morgan fingerprint density at radius 3 is 1.81 bits per heavy atom. The Labute approximate surface area is 159 Å². The molecule has 0 spiro atoms. The first-order valence-corrected chi connectivity index (χ1v) is 8.91. The quantitative estimate of drug-likeness (QED) is 0.605. The maximum atomic E-state index is 11.7. The zero-order valence-corrected chi connectivity index (χ0v) is 15.2. The van der Waals surface area contributed by atoms with Crippen molar-refractivity contribution >= 4 is 5.97 Å². The summed E-state index contributed by atoms with van der Waals surface area (Å²) in [4.78, 5) is 11.7. The summed E-state index contributed by atoms with van der Waals surface area (Å²) in [5.41, 5.74) is 3.03. The average Bonchev–Trinajstić information content (AvgIpc) is 2.72. The Kier molecular flexibility index (Phi) is 6.10. The number of ether oxygens (including phenoxy) is 2. The molecule has 0 bridgehead atoms. The molecule has 0 amide bonds. The predicted molar refractivity (Wildman–Crippen MR) is 104 cm³/mol. The summed E-state index contributed by atoms with van der Waals surface area (Å²) in [7, 11) is 0. The lowest BCUT2D eigenvalue weighted by molar-refractivity contribution is 0.0691. The van der Waals surface area contributed by atoms with E-state index in [9.17, 15) is 9.90 Å². The van der Waals surface area contributed by atoms with Gasteiger partial charge in [-0.2, -0.15) is 0 Å². The van der Waals surface area contributed by atoms with Gasteiger partial charge in [-0.05, 0) is 35.2 Å². The van der Waals surface area contributed by atoms with Crippen molar-refractivity contribution in [1.82, 2.24) is 0 Å². The molecule has 0 saturated heterocycles. The monoisotopic (exact) mass is 362 g/mol. The molecule has 0 atom stereocenters. The van der Waals surface area contributed by atoms with E-state index in [1.807, 2.05) is 67.6 Å². The maximum Gasteiger partial charge on any atom is 0.339 e. The Morgan fingerprint density at radius 2 is 1.33 bits per heavy atom. The Bertz CT molecular complexity index is 889. The van der Waals surface area contributed by atoms with Gasteiger partial charge in [-0.15, -0.1) is 0 Å². The molecule has 3 aromatic rings. The summed E-state index contributed by atoms with van der Waals surface area (Å²) < 4.78 is 11.7. The molecule has 1 N–H and O–H groups in total. The van der Waals surface area contributed by atoms with Gasteiger partial charge >= 0.3 is 5.97 Å². The van der Waals surface area contributed by atoms with Crippen LogP contribution in [0.2, 0.25) is 0 Å². The fraction of sp³-hybridized carbons (Fsp3) is 0.174. The zero-order valence-electron chi connectivity index (χ0n) is 15.2. The van der Waals surface area contributed by atoms with Crippen molar-refractivity contribution in [2.24, 2.45) is 0 Å². The lowest BCUT2D eigenvalue weighted by Crippen LogP contribution is -2.07. The van der Waals surface area contributed by atoms with E-state index in [4.69, 9.17) is 9.47 Å². The number of aromatic carboxylic acids is 1. The minimum Gasteiger partial charge on any atom is -0.489 e. The molecule has 0 aliphatic carbocycles. The minimum absolute atomic E-state index is 0.103. The van der Waals surface area contributed by atoms with Crippen LogP contribution in [0.25, 0.3) is 0 Å². The normalized spacial score (nSPS) is 10.4. The fourth-order valence-electron chi connectivity index (χ4n) is 2.77. The third-order valence-electron chi connectivity index (χ3n) is 4.25. The smallest absolute Gasteiger partial charge is 0.339 e. The minimum atomic E-state index is -1.04. The number of rotatable bonds is 8. The Balaban J connectivity index is 1.82. The highest BCUT2D eigenvalue weighted by Crippen LogP contribution is 2.31. The molecule has 4 nitrogen and oxygen atoms in total. The molecule has 0 saturated carbocycles. The SMILES string of the molecule is CCc1cc(OCc2ccccc2)c(C(=O)O)cc1OCc1ccccc1. The topological polar surface area (TPSA) is 55.8 Å². The van der Waals surface area contributed by atoms with Crippen molar-refractivity contribution in [3.8, 4) is 11.5 Å². The molecule has 3 rings (SSSR count). The number of benzene rings is 3. The van der Waals surface area contributed by atoms with Gasteiger partial charge in [0.15, 0.2) is 0 Å². The molecule has 0 aliphatic heterocycles. The molecular formula is C23H22O4. The maximum absolute atomic E-state index is 11.7. The van der Waals surface area contributed by atoms with Crippen molar-refractivity contribution in [1.29, 1.82) is 0 Å². The van der Waals surface area contributed by atoms with Gasteiger partial charge in [0, 0.05) is 0 Å². The highest BCUT2D eigenvalue weighted by Gasteiger charge is 2.17. The van der Waals surface area contributed by atoms with Crippen LogP contribution in [0.4, 0.5) is 0 Å². The molecule has 0 aromatic heterocycles. The second-order valence-electron chi connectivity index (χ2n) is 6.16. The molecule has 0 heterocycles. The van der Waals surface area contributed by atoms with Crippen LogP contribution in [0, 0.1) is 0 Å². The zero-order chi connectivity index (χ0) is 19.1. The van der Waals surface area contributed by atoms with Gasteiger partial charge in [0.05, 0.1) is 0 Å². The number of hydrogen-bond acceptors (Lipinski definition) is 3. The number of hydrogen-bond donors (Lipinski definition) is 1. The summed E-state index contributed by atoms with van der Waals surface area (Å²) in [6, 6.07) is 22.8. The summed E-state index contributed by atoms with van der Waals surface area (Å²) in [5.74, 6) is -0.105. The highest BCUT2D eigenvalue weighted by atomic mass is 16.5. The first-order chi connectivity index (χ1) is 13.2. The van der Waals surface area contributed by atoms with Crippen LogP contribution in [0.3, 0.4) is 0 Å². The van der Waals surface area contributed by atoms with Crippen LogP contribution in [0.1, 0.15) is 34.0 Å². The van der Waals surface area contributed by atoms with E-state index in [0.717, 1.165) is 16.7 Å². The second-order valence-corrected chi connectivity index (χ2v) is 6.16. The van der Waals surface area contributed by atoms with Crippen molar-refractivity contribution < 1.29 is 19.4 Å². The Morgan fingerprint density at radius 1 is 0.815 bits per heavy atom. The molecule has 0 fully saturated rings. The summed E-state index contributed by atoms with van der Waals surface area (Å²) in [6.45, 7) is 2.71. The van der Waals surface area contributed by atoms with Crippen LogP contribution in [-0.4, -0.2) is 11.1 Å². The van der Waals surface area contributed by atoms with Crippen molar-refractivity contribution in [3.63, 3.8) is 0 Å². The van der Waals surface area contributed by atoms with Crippen LogP contribution in [-0.2, 0) is 19.6 Å². The van der Waals surface area contributed by atoms with Gasteiger partial charge in [0.25, 0.3) is 0 Å². The number of carbonyl (C=O) groups is 1. The molecule has 0 aliphatic rings. The molecule has 27 heavy (non-hydrogen) atoms. The molecule has 138 valence electrons. The number of aryl methyl sites for hydroxylation is 1. The highest BCUT2D eigenvalue weighted by molar-refractivity contribution is 5.91. The first kappa shape index (κ1) is 18.5. The fourth-order valence-corrected chi connectivity index (χ4v) is 2.77. The van der Waals surface area contributed by atoms with E-state index >= 15 is 0 Å². The van der Waals surface area contributed by atoms with Gasteiger partial charge in [-0.25, -0.2) is 4.79 Å². The van der Waals surface area contributed by atoms with Crippen molar-refractivity contribution in [3.05, 3.63) is 95.1 Å². The van der Waals surface area contributed by atoms with Gasteiger partial charge in [0.2, 0.25) is 0 Å². The van der Waals surface area contributed by atoms with Gasteiger partial charge in [-0.1, -0.05) is 67.6 Å². The summed E-state index contributed by atoms with van der Waals surface area (Å²) in [5, 5.41) is 9.60. The predicted octanol–water partition coefficient (Wildman–Crippen LogP) is 5.11. The molecule has 3 aromatic carbocycles. The summed E-state index contributed by atoms with van der Waals surface area (Å²) >= 11 is 0. The molecule has 0 unspecified atom stereocenters.